The van der Waals surface area contributed by atoms with E-state index in [2.05, 4.69) is 58.5 Å². The summed E-state index contributed by atoms with van der Waals surface area (Å²) >= 11 is 3.66. The second kappa shape index (κ2) is 6.91. The molecule has 0 amide bonds. The zero-order valence-corrected chi connectivity index (χ0v) is 13.7. The molecule has 0 aliphatic heterocycles. The van der Waals surface area contributed by atoms with Crippen molar-refractivity contribution < 1.29 is 4.74 Å². The molecule has 2 rings (SSSR count). The maximum Gasteiger partial charge on any atom is 0.118 e. The first kappa shape index (κ1) is 15.1. The molecule has 1 N–H and O–H groups in total. The number of likely N-dealkylation sites (N-methyl/N-ethyl adjacent to an activating group) is 1. The number of nitrogens with one attached hydrogen (secondary N) is 1. The highest BCUT2D eigenvalue weighted by Gasteiger charge is 2.13. The second-order valence-electron chi connectivity index (χ2n) is 4.92. The fourth-order valence-corrected chi connectivity index (χ4v) is 3.05. The second-order valence-corrected chi connectivity index (χ2v) is 5.77. The Balaban J connectivity index is 2.19. The van der Waals surface area contributed by atoms with Crippen molar-refractivity contribution in [3.05, 3.63) is 63.6 Å². The maximum absolute atomic E-state index is 5.19. The Labute approximate surface area is 129 Å². The molecule has 1 unspecified atom stereocenters. The number of hydrogen-bond acceptors (Lipinski definition) is 2. The van der Waals surface area contributed by atoms with Crippen LogP contribution in [0.2, 0.25) is 0 Å². The average Bonchev–Trinajstić information content (AvgIpc) is 2.46. The van der Waals surface area contributed by atoms with Gasteiger partial charge in [-0.25, -0.2) is 0 Å². The van der Waals surface area contributed by atoms with Gasteiger partial charge in [-0.1, -0.05) is 40.2 Å². The Morgan fingerprint density at radius 2 is 1.85 bits per heavy atom. The standard InChI is InChI=1S/C17H20BrNO/c1-12-4-9-15(16(18)10-12)17(19-2)11-13-5-7-14(20-3)8-6-13/h4-10,17,19H,11H2,1-3H3. The van der Waals surface area contributed by atoms with E-state index in [1.165, 1.54) is 16.7 Å². The molecular weight excluding hydrogens is 314 g/mol. The van der Waals surface area contributed by atoms with E-state index < -0.39 is 0 Å². The Morgan fingerprint density at radius 1 is 1.15 bits per heavy atom. The number of methoxy groups -OCH3 is 1. The van der Waals surface area contributed by atoms with E-state index in [4.69, 9.17) is 4.74 Å². The number of ether oxygens (including phenoxy) is 1. The van der Waals surface area contributed by atoms with Gasteiger partial charge in [0.25, 0.3) is 0 Å². The zero-order valence-electron chi connectivity index (χ0n) is 12.1. The number of aryl methyl sites for hydroxylation is 1. The van der Waals surface area contributed by atoms with Gasteiger partial charge < -0.3 is 10.1 Å². The molecule has 20 heavy (non-hydrogen) atoms. The lowest BCUT2D eigenvalue weighted by atomic mass is 9.98. The lowest BCUT2D eigenvalue weighted by molar-refractivity contribution is 0.414. The summed E-state index contributed by atoms with van der Waals surface area (Å²) in [5.74, 6) is 0.895. The molecule has 0 saturated heterocycles. The van der Waals surface area contributed by atoms with Gasteiger partial charge in [0, 0.05) is 10.5 Å². The first-order chi connectivity index (χ1) is 9.63. The lowest BCUT2D eigenvalue weighted by Gasteiger charge is -2.19. The van der Waals surface area contributed by atoms with Crippen molar-refractivity contribution in [2.24, 2.45) is 0 Å². The van der Waals surface area contributed by atoms with Gasteiger partial charge >= 0.3 is 0 Å². The van der Waals surface area contributed by atoms with Crippen LogP contribution in [0.4, 0.5) is 0 Å². The molecule has 2 nitrogen and oxygen atoms in total. The van der Waals surface area contributed by atoms with E-state index in [1.807, 2.05) is 19.2 Å². The van der Waals surface area contributed by atoms with Crippen LogP contribution < -0.4 is 10.1 Å². The Kier molecular flexibility index (Phi) is 5.21. The average molecular weight is 334 g/mol. The van der Waals surface area contributed by atoms with E-state index in [0.29, 0.717) is 6.04 Å². The highest BCUT2D eigenvalue weighted by Crippen LogP contribution is 2.27. The minimum atomic E-state index is 0.290. The third-order valence-corrected chi connectivity index (χ3v) is 4.17. The van der Waals surface area contributed by atoms with Crippen LogP contribution in [0.5, 0.6) is 5.75 Å². The van der Waals surface area contributed by atoms with Crippen molar-refractivity contribution >= 4 is 15.9 Å². The van der Waals surface area contributed by atoms with Gasteiger partial charge in [-0.05, 0) is 55.3 Å². The van der Waals surface area contributed by atoms with Crippen molar-refractivity contribution in [2.75, 3.05) is 14.2 Å². The van der Waals surface area contributed by atoms with Crippen LogP contribution in [0.25, 0.3) is 0 Å². The predicted octanol–water partition coefficient (Wildman–Crippen LogP) is 4.27. The molecule has 3 heteroatoms. The van der Waals surface area contributed by atoms with Gasteiger partial charge in [-0.2, -0.15) is 0 Å². The summed E-state index contributed by atoms with van der Waals surface area (Å²) < 4.78 is 6.35. The summed E-state index contributed by atoms with van der Waals surface area (Å²) in [7, 11) is 3.69. The first-order valence-electron chi connectivity index (χ1n) is 6.70. The highest BCUT2D eigenvalue weighted by molar-refractivity contribution is 9.10. The van der Waals surface area contributed by atoms with E-state index >= 15 is 0 Å². The maximum atomic E-state index is 5.19. The molecular formula is C17H20BrNO. The molecule has 2 aromatic carbocycles. The van der Waals surface area contributed by atoms with Crippen LogP contribution in [0.3, 0.4) is 0 Å². The summed E-state index contributed by atoms with van der Waals surface area (Å²) in [5.41, 5.74) is 3.84. The van der Waals surface area contributed by atoms with Crippen molar-refractivity contribution in [1.29, 1.82) is 0 Å². The number of rotatable bonds is 5. The van der Waals surface area contributed by atoms with Gasteiger partial charge in [0.1, 0.15) is 5.75 Å². The monoisotopic (exact) mass is 333 g/mol. The van der Waals surface area contributed by atoms with Crippen molar-refractivity contribution in [3.63, 3.8) is 0 Å². The molecule has 0 aliphatic carbocycles. The Morgan fingerprint density at radius 3 is 2.40 bits per heavy atom. The number of benzene rings is 2. The van der Waals surface area contributed by atoms with Gasteiger partial charge in [-0.3, -0.25) is 0 Å². The molecule has 0 fully saturated rings. The van der Waals surface area contributed by atoms with Crippen molar-refractivity contribution in [2.45, 2.75) is 19.4 Å². The van der Waals surface area contributed by atoms with E-state index in [0.717, 1.165) is 16.6 Å². The van der Waals surface area contributed by atoms with Crippen LogP contribution >= 0.6 is 15.9 Å². The van der Waals surface area contributed by atoms with Crippen LogP contribution in [0.1, 0.15) is 22.7 Å². The van der Waals surface area contributed by atoms with Crippen molar-refractivity contribution in [1.82, 2.24) is 5.32 Å². The van der Waals surface area contributed by atoms with Crippen LogP contribution in [-0.4, -0.2) is 14.2 Å². The Bertz CT molecular complexity index is 566. The molecule has 0 aliphatic rings. The molecule has 0 heterocycles. The third kappa shape index (κ3) is 3.62. The molecule has 2 aromatic rings. The van der Waals surface area contributed by atoms with Crippen LogP contribution in [0, 0.1) is 6.92 Å². The molecule has 0 bridgehead atoms. The molecule has 0 saturated carbocycles. The number of halogens is 1. The number of hydrogen-bond donors (Lipinski definition) is 1. The minimum Gasteiger partial charge on any atom is -0.497 e. The van der Waals surface area contributed by atoms with E-state index in [1.54, 1.807) is 7.11 Å². The van der Waals surface area contributed by atoms with E-state index in [-0.39, 0.29) is 0 Å². The van der Waals surface area contributed by atoms with Crippen molar-refractivity contribution in [3.8, 4) is 5.75 Å². The molecule has 0 aromatic heterocycles. The summed E-state index contributed by atoms with van der Waals surface area (Å²) in [6, 6.07) is 15.0. The van der Waals surface area contributed by atoms with Crippen LogP contribution in [-0.2, 0) is 6.42 Å². The molecule has 0 spiro atoms. The van der Waals surface area contributed by atoms with Gasteiger partial charge in [0.05, 0.1) is 7.11 Å². The summed E-state index contributed by atoms with van der Waals surface area (Å²) in [6.45, 7) is 2.10. The topological polar surface area (TPSA) is 21.3 Å². The quantitative estimate of drug-likeness (QED) is 0.882. The van der Waals surface area contributed by atoms with Gasteiger partial charge in [0.15, 0.2) is 0 Å². The summed E-state index contributed by atoms with van der Waals surface area (Å²) in [4.78, 5) is 0. The molecule has 106 valence electrons. The molecule has 1 atom stereocenters. The first-order valence-corrected chi connectivity index (χ1v) is 7.49. The van der Waals surface area contributed by atoms with Gasteiger partial charge in [-0.15, -0.1) is 0 Å². The third-order valence-electron chi connectivity index (χ3n) is 3.48. The SMILES string of the molecule is CNC(Cc1ccc(OC)cc1)c1ccc(C)cc1Br. The highest BCUT2D eigenvalue weighted by atomic mass is 79.9. The largest absolute Gasteiger partial charge is 0.497 e. The van der Waals surface area contributed by atoms with Gasteiger partial charge in [0.2, 0.25) is 0 Å². The lowest BCUT2D eigenvalue weighted by Crippen LogP contribution is -2.19. The normalized spacial score (nSPS) is 12.2. The zero-order chi connectivity index (χ0) is 14.5. The minimum absolute atomic E-state index is 0.290. The van der Waals surface area contributed by atoms with Crippen LogP contribution in [0.15, 0.2) is 46.9 Å². The predicted molar refractivity (Wildman–Crippen MR) is 87.4 cm³/mol. The Hall–Kier alpha value is -1.32. The summed E-state index contributed by atoms with van der Waals surface area (Å²) in [6.07, 6.45) is 0.947. The molecule has 0 radical (unpaired) electrons. The smallest absolute Gasteiger partial charge is 0.118 e. The van der Waals surface area contributed by atoms with E-state index in [9.17, 15) is 0 Å². The summed E-state index contributed by atoms with van der Waals surface area (Å²) in [5, 5.41) is 3.39. The fourth-order valence-electron chi connectivity index (χ4n) is 2.28. The fraction of sp³-hybridized carbons (Fsp3) is 0.294.